The van der Waals surface area contributed by atoms with Gasteiger partial charge in [0.2, 0.25) is 5.65 Å². The highest BCUT2D eigenvalue weighted by atomic mass is 16.5. The third-order valence-corrected chi connectivity index (χ3v) is 5.00. The maximum atomic E-state index is 12.7. The zero-order chi connectivity index (χ0) is 17.9. The molecule has 0 saturated carbocycles. The Labute approximate surface area is 151 Å². The highest BCUT2D eigenvalue weighted by molar-refractivity contribution is 5.94. The van der Waals surface area contributed by atoms with E-state index < -0.39 is 0 Å². The number of methoxy groups -OCH3 is 1. The SMILES string of the molecule is COc1ccccc1CC1CCN(C(=O)c2ccc3n[nH]nc3n2)CC1. The van der Waals surface area contributed by atoms with Crippen LogP contribution in [-0.4, -0.2) is 51.4 Å². The number of nitrogens with one attached hydrogen (secondary N) is 1. The first-order valence-electron chi connectivity index (χ1n) is 8.83. The Hall–Kier alpha value is -2.96. The lowest BCUT2D eigenvalue weighted by Gasteiger charge is -2.32. The summed E-state index contributed by atoms with van der Waals surface area (Å²) < 4.78 is 5.45. The first-order chi connectivity index (χ1) is 12.7. The fourth-order valence-electron chi connectivity index (χ4n) is 3.54. The maximum absolute atomic E-state index is 12.7. The average molecular weight is 351 g/mol. The summed E-state index contributed by atoms with van der Waals surface area (Å²) in [6.45, 7) is 1.49. The summed E-state index contributed by atoms with van der Waals surface area (Å²) in [5.74, 6) is 1.46. The molecule has 26 heavy (non-hydrogen) atoms. The molecule has 1 aliphatic rings. The van der Waals surface area contributed by atoms with E-state index in [-0.39, 0.29) is 5.91 Å². The predicted octanol–water partition coefficient (Wildman–Crippen LogP) is 2.46. The van der Waals surface area contributed by atoms with Crippen LogP contribution in [0.1, 0.15) is 28.9 Å². The molecule has 1 aliphatic heterocycles. The standard InChI is InChI=1S/C19H21N5O2/c1-26-17-5-3-2-4-14(17)12-13-8-10-24(11-9-13)19(25)16-7-6-15-18(20-16)22-23-21-15/h2-7,13H,8-12H2,1H3,(H,20,21,22,23). The summed E-state index contributed by atoms with van der Waals surface area (Å²) in [4.78, 5) is 18.9. The number of piperidine rings is 1. The number of pyridine rings is 1. The molecule has 1 amide bonds. The Kier molecular flexibility index (Phi) is 4.51. The van der Waals surface area contributed by atoms with Crippen LogP contribution in [0.5, 0.6) is 5.75 Å². The number of aromatic amines is 1. The van der Waals surface area contributed by atoms with Crippen LogP contribution in [0.2, 0.25) is 0 Å². The Morgan fingerprint density at radius 3 is 2.81 bits per heavy atom. The Balaban J connectivity index is 1.39. The van der Waals surface area contributed by atoms with Gasteiger partial charge in [0.15, 0.2) is 0 Å². The van der Waals surface area contributed by atoms with Crippen molar-refractivity contribution >= 4 is 17.1 Å². The summed E-state index contributed by atoms with van der Waals surface area (Å²) in [6.07, 6.45) is 2.95. The van der Waals surface area contributed by atoms with Crippen molar-refractivity contribution in [1.82, 2.24) is 25.3 Å². The molecule has 7 heteroatoms. The van der Waals surface area contributed by atoms with Gasteiger partial charge in [0.1, 0.15) is 17.0 Å². The van der Waals surface area contributed by atoms with Gasteiger partial charge in [-0.25, -0.2) is 4.98 Å². The number of rotatable bonds is 4. The molecule has 0 radical (unpaired) electrons. The van der Waals surface area contributed by atoms with E-state index in [1.807, 2.05) is 23.1 Å². The lowest BCUT2D eigenvalue weighted by atomic mass is 9.89. The number of carbonyl (C=O) groups is 1. The minimum absolute atomic E-state index is 0.0364. The minimum atomic E-state index is -0.0364. The molecular formula is C19H21N5O2. The largest absolute Gasteiger partial charge is 0.496 e. The summed E-state index contributed by atoms with van der Waals surface area (Å²) >= 11 is 0. The van der Waals surface area contributed by atoms with Crippen molar-refractivity contribution in [2.24, 2.45) is 5.92 Å². The molecule has 7 nitrogen and oxygen atoms in total. The second-order valence-corrected chi connectivity index (χ2v) is 6.61. The number of fused-ring (bicyclic) bond motifs is 1. The van der Waals surface area contributed by atoms with Crippen LogP contribution in [0.4, 0.5) is 0 Å². The number of para-hydroxylation sites is 1. The number of likely N-dealkylation sites (tertiary alicyclic amines) is 1. The Morgan fingerprint density at radius 2 is 2.00 bits per heavy atom. The van der Waals surface area contributed by atoms with Gasteiger partial charge in [0, 0.05) is 13.1 Å². The van der Waals surface area contributed by atoms with Gasteiger partial charge in [0.25, 0.3) is 5.91 Å². The lowest BCUT2D eigenvalue weighted by molar-refractivity contribution is 0.0684. The molecule has 0 unspecified atom stereocenters. The number of hydrogen-bond acceptors (Lipinski definition) is 5. The minimum Gasteiger partial charge on any atom is -0.496 e. The van der Waals surface area contributed by atoms with Crippen LogP contribution in [-0.2, 0) is 6.42 Å². The summed E-state index contributed by atoms with van der Waals surface area (Å²) in [6, 6.07) is 11.6. The third kappa shape index (κ3) is 3.24. The molecule has 1 fully saturated rings. The van der Waals surface area contributed by atoms with E-state index in [2.05, 4.69) is 26.5 Å². The highest BCUT2D eigenvalue weighted by Crippen LogP contribution is 2.27. The van der Waals surface area contributed by atoms with E-state index in [4.69, 9.17) is 4.74 Å². The molecule has 0 bridgehead atoms. The van der Waals surface area contributed by atoms with Crippen molar-refractivity contribution in [3.63, 3.8) is 0 Å². The average Bonchev–Trinajstić information content (AvgIpc) is 3.16. The van der Waals surface area contributed by atoms with Crippen molar-refractivity contribution in [1.29, 1.82) is 0 Å². The number of carbonyl (C=O) groups excluding carboxylic acids is 1. The van der Waals surface area contributed by atoms with Gasteiger partial charge < -0.3 is 9.64 Å². The first-order valence-corrected chi connectivity index (χ1v) is 8.83. The van der Waals surface area contributed by atoms with E-state index >= 15 is 0 Å². The van der Waals surface area contributed by atoms with Gasteiger partial charge >= 0.3 is 0 Å². The summed E-state index contributed by atoms with van der Waals surface area (Å²) in [5, 5.41) is 10.4. The normalized spacial score (nSPS) is 15.3. The fraction of sp³-hybridized carbons (Fsp3) is 0.368. The summed E-state index contributed by atoms with van der Waals surface area (Å²) in [5.41, 5.74) is 2.80. The summed E-state index contributed by atoms with van der Waals surface area (Å²) in [7, 11) is 1.71. The van der Waals surface area contributed by atoms with Gasteiger partial charge in [-0.15, -0.1) is 5.10 Å². The molecule has 134 valence electrons. The maximum Gasteiger partial charge on any atom is 0.272 e. The molecule has 2 aromatic heterocycles. The van der Waals surface area contributed by atoms with Crippen LogP contribution in [0, 0.1) is 5.92 Å². The van der Waals surface area contributed by atoms with Crippen molar-refractivity contribution in [3.05, 3.63) is 47.7 Å². The van der Waals surface area contributed by atoms with Gasteiger partial charge in [-0.05, 0) is 48.9 Å². The van der Waals surface area contributed by atoms with Crippen LogP contribution < -0.4 is 4.74 Å². The molecule has 1 saturated heterocycles. The highest BCUT2D eigenvalue weighted by Gasteiger charge is 2.25. The van der Waals surface area contributed by atoms with Crippen LogP contribution >= 0.6 is 0 Å². The van der Waals surface area contributed by atoms with E-state index in [1.165, 1.54) is 5.56 Å². The topological polar surface area (TPSA) is 84.0 Å². The van der Waals surface area contributed by atoms with Gasteiger partial charge in [0.05, 0.1) is 7.11 Å². The smallest absolute Gasteiger partial charge is 0.272 e. The van der Waals surface area contributed by atoms with Gasteiger partial charge in [-0.1, -0.05) is 18.2 Å². The van der Waals surface area contributed by atoms with Crippen molar-refractivity contribution in [2.45, 2.75) is 19.3 Å². The number of ether oxygens (including phenoxy) is 1. The monoisotopic (exact) mass is 351 g/mol. The lowest BCUT2D eigenvalue weighted by Crippen LogP contribution is -2.39. The Bertz CT molecular complexity index is 915. The van der Waals surface area contributed by atoms with E-state index in [9.17, 15) is 4.79 Å². The molecule has 0 aliphatic carbocycles. The van der Waals surface area contributed by atoms with Crippen LogP contribution in [0.25, 0.3) is 11.2 Å². The van der Waals surface area contributed by atoms with E-state index in [0.29, 0.717) is 22.8 Å². The molecule has 1 aromatic carbocycles. The molecule has 3 heterocycles. The van der Waals surface area contributed by atoms with Gasteiger partial charge in [-0.3, -0.25) is 4.79 Å². The van der Waals surface area contributed by atoms with Crippen molar-refractivity contribution in [2.75, 3.05) is 20.2 Å². The number of H-pyrrole nitrogens is 1. The molecule has 1 N–H and O–H groups in total. The molecule has 0 spiro atoms. The molecule has 0 atom stereocenters. The molecule has 3 aromatic rings. The first kappa shape index (κ1) is 16.5. The van der Waals surface area contributed by atoms with Crippen LogP contribution in [0.3, 0.4) is 0 Å². The zero-order valence-electron chi connectivity index (χ0n) is 14.7. The number of benzene rings is 1. The fourth-order valence-corrected chi connectivity index (χ4v) is 3.54. The predicted molar refractivity (Wildman–Crippen MR) is 97.0 cm³/mol. The van der Waals surface area contributed by atoms with Crippen molar-refractivity contribution < 1.29 is 9.53 Å². The quantitative estimate of drug-likeness (QED) is 0.780. The van der Waals surface area contributed by atoms with E-state index in [1.54, 1.807) is 19.2 Å². The van der Waals surface area contributed by atoms with Crippen LogP contribution in [0.15, 0.2) is 36.4 Å². The molecule has 4 rings (SSSR count). The van der Waals surface area contributed by atoms with Crippen molar-refractivity contribution in [3.8, 4) is 5.75 Å². The number of amides is 1. The second-order valence-electron chi connectivity index (χ2n) is 6.61. The number of aromatic nitrogens is 4. The zero-order valence-corrected chi connectivity index (χ0v) is 14.7. The van der Waals surface area contributed by atoms with E-state index in [0.717, 1.165) is 38.1 Å². The second kappa shape index (κ2) is 7.11. The number of nitrogens with zero attached hydrogens (tertiary/aromatic N) is 4. The number of hydrogen-bond donors (Lipinski definition) is 1. The van der Waals surface area contributed by atoms with Gasteiger partial charge in [-0.2, -0.15) is 10.3 Å². The Morgan fingerprint density at radius 1 is 1.19 bits per heavy atom. The third-order valence-electron chi connectivity index (χ3n) is 5.00. The molecular weight excluding hydrogens is 330 g/mol.